The monoisotopic (exact) mass is 349 g/mol. The van der Waals surface area contributed by atoms with Gasteiger partial charge in [0, 0.05) is 37.4 Å². The number of nitrogens with zero attached hydrogens (tertiary/aromatic N) is 3. The average Bonchev–Trinajstić information content (AvgIpc) is 3.28. The van der Waals surface area contributed by atoms with Crippen LogP contribution in [0.4, 0.5) is 0 Å². The van der Waals surface area contributed by atoms with E-state index in [9.17, 15) is 9.59 Å². The van der Waals surface area contributed by atoms with Crippen molar-refractivity contribution in [1.82, 2.24) is 9.80 Å². The Bertz CT molecular complexity index is 656. The number of rotatable bonds is 4. The Balaban J connectivity index is 1.58. The van der Waals surface area contributed by atoms with Crippen LogP contribution in [0.2, 0.25) is 0 Å². The Morgan fingerprint density at radius 2 is 2.29 bits per heavy atom. The second-order valence-corrected chi connectivity index (χ2v) is 7.85. The predicted octanol–water partition coefficient (Wildman–Crippen LogP) is 1.90. The van der Waals surface area contributed by atoms with Gasteiger partial charge in [-0.2, -0.15) is 0 Å². The van der Waals surface area contributed by atoms with Gasteiger partial charge in [0.15, 0.2) is 5.60 Å². The molecular formula is C17H23N3O3S. The molecule has 2 amide bonds. The summed E-state index contributed by atoms with van der Waals surface area (Å²) in [5.41, 5.74) is -0.0627. The Labute approximate surface area is 146 Å². The molecule has 0 aromatic carbocycles. The highest BCUT2D eigenvalue weighted by molar-refractivity contribution is 7.10. The van der Waals surface area contributed by atoms with Crippen LogP contribution in [0.15, 0.2) is 22.7 Å². The molecule has 7 heteroatoms. The Morgan fingerprint density at radius 3 is 2.96 bits per heavy atom. The van der Waals surface area contributed by atoms with Gasteiger partial charge in [-0.25, -0.2) is 0 Å². The summed E-state index contributed by atoms with van der Waals surface area (Å²) in [6, 6.07) is 4.04. The summed E-state index contributed by atoms with van der Waals surface area (Å²) in [5, 5.41) is 6.01. The maximum atomic E-state index is 12.4. The van der Waals surface area contributed by atoms with E-state index in [1.54, 1.807) is 23.3 Å². The zero-order valence-electron chi connectivity index (χ0n) is 14.3. The molecule has 0 bridgehead atoms. The minimum absolute atomic E-state index is 0.0924. The van der Waals surface area contributed by atoms with Crippen LogP contribution in [-0.2, 0) is 20.8 Å². The molecule has 1 fully saturated rings. The van der Waals surface area contributed by atoms with Gasteiger partial charge in [-0.15, -0.1) is 11.3 Å². The molecule has 24 heavy (non-hydrogen) atoms. The topological polar surface area (TPSA) is 62.2 Å². The van der Waals surface area contributed by atoms with E-state index in [0.29, 0.717) is 31.6 Å². The molecule has 2 aliphatic heterocycles. The third kappa shape index (κ3) is 3.31. The lowest BCUT2D eigenvalue weighted by Crippen LogP contribution is -2.41. The van der Waals surface area contributed by atoms with Crippen molar-refractivity contribution in [3.05, 3.63) is 22.4 Å². The molecule has 0 saturated carbocycles. The molecule has 1 saturated heterocycles. The van der Waals surface area contributed by atoms with Crippen molar-refractivity contribution in [2.75, 3.05) is 20.1 Å². The van der Waals surface area contributed by atoms with Crippen LogP contribution in [0.1, 0.15) is 31.6 Å². The Morgan fingerprint density at radius 1 is 1.50 bits per heavy atom. The van der Waals surface area contributed by atoms with Crippen molar-refractivity contribution in [3.63, 3.8) is 0 Å². The van der Waals surface area contributed by atoms with E-state index in [1.165, 1.54) is 0 Å². The molecule has 2 aliphatic rings. The largest absolute Gasteiger partial charge is 0.386 e. The van der Waals surface area contributed by atoms with Crippen molar-refractivity contribution >= 4 is 28.9 Å². The lowest BCUT2D eigenvalue weighted by atomic mass is 9.96. The molecule has 3 rings (SSSR count). The Kier molecular flexibility index (Phi) is 4.62. The fourth-order valence-corrected chi connectivity index (χ4v) is 3.72. The fourth-order valence-electron chi connectivity index (χ4n) is 3.02. The van der Waals surface area contributed by atoms with Crippen molar-refractivity contribution in [3.8, 4) is 0 Å². The molecule has 1 spiro atoms. The molecule has 1 aromatic rings. The molecule has 1 atom stereocenters. The summed E-state index contributed by atoms with van der Waals surface area (Å²) in [7, 11) is 1.77. The highest BCUT2D eigenvalue weighted by Gasteiger charge is 2.48. The smallest absolute Gasteiger partial charge is 0.271 e. The summed E-state index contributed by atoms with van der Waals surface area (Å²) >= 11 is 1.59. The first-order valence-electron chi connectivity index (χ1n) is 8.22. The van der Waals surface area contributed by atoms with Crippen molar-refractivity contribution in [2.24, 2.45) is 5.16 Å². The van der Waals surface area contributed by atoms with Gasteiger partial charge in [0.05, 0.1) is 13.0 Å². The SMILES string of the molecule is CC(C)N(C)C(=O)C1=NO[C@@]2(CCN(C(=O)Cc3cccs3)C2)C1. The standard InChI is InChI=1S/C17H23N3O3S/c1-12(2)19(3)16(22)14-10-17(23-18-14)6-7-20(11-17)15(21)9-13-5-4-8-24-13/h4-5,8,12H,6-7,9-11H2,1-3H3/t17-/m0/s1. The van der Waals surface area contributed by atoms with Gasteiger partial charge in [0.1, 0.15) is 5.71 Å². The number of thiophene rings is 1. The fraction of sp³-hybridized carbons (Fsp3) is 0.588. The maximum Gasteiger partial charge on any atom is 0.271 e. The van der Waals surface area contributed by atoms with Crippen LogP contribution < -0.4 is 0 Å². The summed E-state index contributed by atoms with van der Waals surface area (Å²) in [5.74, 6) is 0.0160. The zero-order valence-corrected chi connectivity index (χ0v) is 15.1. The number of hydrogen-bond acceptors (Lipinski definition) is 5. The number of hydrogen-bond donors (Lipinski definition) is 0. The summed E-state index contributed by atoms with van der Waals surface area (Å²) in [6.45, 7) is 5.08. The Hall–Kier alpha value is -1.89. The molecule has 1 aromatic heterocycles. The van der Waals surface area contributed by atoms with Gasteiger partial charge >= 0.3 is 0 Å². The maximum absolute atomic E-state index is 12.4. The second kappa shape index (κ2) is 6.55. The van der Waals surface area contributed by atoms with Crippen LogP contribution in [0.3, 0.4) is 0 Å². The highest BCUT2D eigenvalue weighted by Crippen LogP contribution is 2.34. The molecule has 0 aliphatic carbocycles. The van der Waals surface area contributed by atoms with E-state index in [-0.39, 0.29) is 17.9 Å². The summed E-state index contributed by atoms with van der Waals surface area (Å²) in [6.07, 6.45) is 1.62. The van der Waals surface area contributed by atoms with Gasteiger partial charge in [-0.1, -0.05) is 11.2 Å². The minimum atomic E-state index is -0.520. The molecule has 6 nitrogen and oxygen atoms in total. The van der Waals surface area contributed by atoms with Gasteiger partial charge < -0.3 is 14.6 Å². The van der Waals surface area contributed by atoms with Crippen LogP contribution in [0, 0.1) is 0 Å². The van der Waals surface area contributed by atoms with Gasteiger partial charge in [0.2, 0.25) is 5.91 Å². The molecule has 130 valence electrons. The van der Waals surface area contributed by atoms with Crippen LogP contribution >= 0.6 is 11.3 Å². The van der Waals surface area contributed by atoms with E-state index in [1.807, 2.05) is 36.3 Å². The van der Waals surface area contributed by atoms with E-state index in [4.69, 9.17) is 4.84 Å². The normalized spacial score (nSPS) is 22.8. The van der Waals surface area contributed by atoms with Gasteiger partial charge in [-0.05, 0) is 25.3 Å². The molecule has 0 unspecified atom stereocenters. The zero-order chi connectivity index (χ0) is 17.3. The lowest BCUT2D eigenvalue weighted by Gasteiger charge is -2.23. The number of amides is 2. The first-order chi connectivity index (χ1) is 11.4. The van der Waals surface area contributed by atoms with Crippen molar-refractivity contribution < 1.29 is 14.4 Å². The molecule has 3 heterocycles. The van der Waals surface area contributed by atoms with Crippen molar-refractivity contribution in [2.45, 2.75) is 44.8 Å². The van der Waals surface area contributed by atoms with E-state index in [0.717, 1.165) is 11.3 Å². The number of oxime groups is 1. The highest BCUT2D eigenvalue weighted by atomic mass is 32.1. The first kappa shape index (κ1) is 17.0. The summed E-state index contributed by atoms with van der Waals surface area (Å²) < 4.78 is 0. The number of carbonyl (C=O) groups is 2. The molecular weight excluding hydrogens is 326 g/mol. The lowest BCUT2D eigenvalue weighted by molar-refractivity contribution is -0.130. The first-order valence-corrected chi connectivity index (χ1v) is 9.10. The predicted molar refractivity (Wildman–Crippen MR) is 93.0 cm³/mol. The minimum Gasteiger partial charge on any atom is -0.386 e. The third-order valence-corrected chi connectivity index (χ3v) is 5.63. The van der Waals surface area contributed by atoms with E-state index < -0.39 is 5.60 Å². The van der Waals surface area contributed by atoms with E-state index in [2.05, 4.69) is 5.16 Å². The van der Waals surface area contributed by atoms with Crippen molar-refractivity contribution in [1.29, 1.82) is 0 Å². The summed E-state index contributed by atoms with van der Waals surface area (Å²) in [4.78, 5) is 35.0. The van der Waals surface area contributed by atoms with E-state index >= 15 is 0 Å². The number of carbonyl (C=O) groups excluding carboxylic acids is 2. The van der Waals surface area contributed by atoms with Crippen LogP contribution in [0.5, 0.6) is 0 Å². The third-order valence-electron chi connectivity index (χ3n) is 4.76. The average molecular weight is 349 g/mol. The second-order valence-electron chi connectivity index (χ2n) is 6.82. The quantitative estimate of drug-likeness (QED) is 0.834. The van der Waals surface area contributed by atoms with Gasteiger partial charge in [0.25, 0.3) is 5.91 Å². The van der Waals surface area contributed by atoms with Crippen LogP contribution in [-0.4, -0.2) is 59.1 Å². The molecule has 0 radical (unpaired) electrons. The van der Waals surface area contributed by atoms with Gasteiger partial charge in [-0.3, -0.25) is 9.59 Å². The molecule has 0 N–H and O–H groups in total. The number of likely N-dealkylation sites (tertiary alicyclic amines) is 1. The van der Waals surface area contributed by atoms with Crippen LogP contribution in [0.25, 0.3) is 0 Å².